The van der Waals surface area contributed by atoms with E-state index in [-0.39, 0.29) is 0 Å². The molecule has 0 unspecified atom stereocenters. The largest absolute Gasteiger partial charge is 0.379 e. The minimum Gasteiger partial charge on any atom is -0.379 e. The molecule has 0 aliphatic carbocycles. The number of likely N-dealkylation sites (N-methyl/N-ethyl adjacent to an activating group) is 1. The maximum absolute atomic E-state index is 5.44. The highest BCUT2D eigenvalue weighted by atomic mass is 16.6. The highest BCUT2D eigenvalue weighted by Crippen LogP contribution is 1.93. The van der Waals surface area contributed by atoms with E-state index in [1.165, 1.54) is 12.8 Å². The molecule has 122 valence electrons. The maximum Gasteiger partial charge on any atom is 0.0701 e. The van der Waals surface area contributed by atoms with Crippen molar-refractivity contribution in [2.45, 2.75) is 33.1 Å². The Balaban J connectivity index is 2.89. The van der Waals surface area contributed by atoms with Crippen molar-refractivity contribution in [3.63, 3.8) is 0 Å². The molecular formula is C15H33NO4. The van der Waals surface area contributed by atoms with Gasteiger partial charge in [-0.2, -0.15) is 0 Å². The molecule has 0 heterocycles. The second kappa shape index (κ2) is 18.8. The molecule has 5 nitrogen and oxygen atoms in total. The molecule has 0 spiro atoms. The zero-order valence-corrected chi connectivity index (χ0v) is 13.3. The number of unbranched alkanes of at least 4 members (excludes halogenated alkanes) is 2. The zero-order chi connectivity index (χ0) is 14.7. The number of hydrogen-bond acceptors (Lipinski definition) is 5. The molecule has 1 N–H and O–H groups in total. The molecule has 0 amide bonds. The van der Waals surface area contributed by atoms with Gasteiger partial charge in [0.25, 0.3) is 0 Å². The smallest absolute Gasteiger partial charge is 0.0701 e. The molecule has 0 aliphatic rings. The van der Waals surface area contributed by atoms with E-state index < -0.39 is 0 Å². The van der Waals surface area contributed by atoms with E-state index in [0.29, 0.717) is 39.6 Å². The lowest BCUT2D eigenvalue weighted by Gasteiger charge is -2.07. The second-order valence-corrected chi connectivity index (χ2v) is 4.51. The van der Waals surface area contributed by atoms with Crippen LogP contribution >= 0.6 is 0 Å². The summed E-state index contributed by atoms with van der Waals surface area (Å²) in [6.07, 6.45) is 3.62. The van der Waals surface area contributed by atoms with Crippen LogP contribution in [0.3, 0.4) is 0 Å². The maximum atomic E-state index is 5.44. The lowest BCUT2D eigenvalue weighted by atomic mass is 10.3. The number of ether oxygens (including phenoxy) is 4. The van der Waals surface area contributed by atoms with Crippen molar-refractivity contribution in [1.82, 2.24) is 5.32 Å². The van der Waals surface area contributed by atoms with Crippen molar-refractivity contribution in [1.29, 1.82) is 0 Å². The molecule has 0 bridgehead atoms. The van der Waals surface area contributed by atoms with Gasteiger partial charge in [-0.15, -0.1) is 0 Å². The van der Waals surface area contributed by atoms with Crippen LogP contribution in [0.25, 0.3) is 0 Å². The van der Waals surface area contributed by atoms with Gasteiger partial charge in [0.2, 0.25) is 0 Å². The topological polar surface area (TPSA) is 49.0 Å². The average molecular weight is 291 g/mol. The summed E-state index contributed by atoms with van der Waals surface area (Å²) in [6, 6.07) is 0. The lowest BCUT2D eigenvalue weighted by Crippen LogP contribution is -2.20. The van der Waals surface area contributed by atoms with E-state index >= 15 is 0 Å². The van der Waals surface area contributed by atoms with E-state index in [1.54, 1.807) is 0 Å². The Morgan fingerprint density at radius 1 is 0.600 bits per heavy atom. The van der Waals surface area contributed by atoms with Crippen LogP contribution in [0.1, 0.15) is 33.1 Å². The Kier molecular flexibility index (Phi) is 18.6. The van der Waals surface area contributed by atoms with Crippen molar-refractivity contribution >= 4 is 0 Å². The molecule has 0 saturated carbocycles. The molecule has 0 aromatic rings. The molecule has 20 heavy (non-hydrogen) atoms. The first-order valence-electron chi connectivity index (χ1n) is 7.93. The Morgan fingerprint density at radius 3 is 1.60 bits per heavy atom. The summed E-state index contributed by atoms with van der Waals surface area (Å²) >= 11 is 0. The highest BCUT2D eigenvalue weighted by molar-refractivity contribution is 4.40. The molecule has 0 aliphatic heterocycles. The van der Waals surface area contributed by atoms with Crippen LogP contribution in [-0.2, 0) is 18.9 Å². The van der Waals surface area contributed by atoms with E-state index in [1.807, 2.05) is 0 Å². The molecular weight excluding hydrogens is 258 g/mol. The van der Waals surface area contributed by atoms with Crippen LogP contribution in [0.2, 0.25) is 0 Å². The SMILES string of the molecule is CCCCCOCCOCCOCCOCCNCC. The van der Waals surface area contributed by atoms with Crippen LogP contribution in [0.15, 0.2) is 0 Å². The fraction of sp³-hybridized carbons (Fsp3) is 1.00. The van der Waals surface area contributed by atoms with Gasteiger partial charge in [-0.25, -0.2) is 0 Å². The summed E-state index contributed by atoms with van der Waals surface area (Å²) < 4.78 is 21.6. The predicted molar refractivity (Wildman–Crippen MR) is 81.3 cm³/mol. The van der Waals surface area contributed by atoms with E-state index in [2.05, 4.69) is 19.2 Å². The molecule has 0 aromatic carbocycles. The van der Waals surface area contributed by atoms with Crippen molar-refractivity contribution in [3.05, 3.63) is 0 Å². The summed E-state index contributed by atoms with van der Waals surface area (Å²) in [5.74, 6) is 0. The molecule has 0 atom stereocenters. The first-order chi connectivity index (χ1) is 9.91. The van der Waals surface area contributed by atoms with Gasteiger partial charge in [0.1, 0.15) is 0 Å². The van der Waals surface area contributed by atoms with Crippen LogP contribution in [0.5, 0.6) is 0 Å². The standard InChI is InChI=1S/C15H33NO4/c1-3-5-6-8-17-10-12-19-14-15-20-13-11-18-9-7-16-4-2/h16H,3-15H2,1-2H3. The molecule has 5 heteroatoms. The van der Waals surface area contributed by atoms with Crippen LogP contribution in [0, 0.1) is 0 Å². The molecule has 0 radical (unpaired) electrons. The first-order valence-corrected chi connectivity index (χ1v) is 7.93. The highest BCUT2D eigenvalue weighted by Gasteiger charge is 1.92. The van der Waals surface area contributed by atoms with Gasteiger partial charge in [-0.1, -0.05) is 26.7 Å². The van der Waals surface area contributed by atoms with Gasteiger partial charge >= 0.3 is 0 Å². The summed E-state index contributed by atoms with van der Waals surface area (Å²) in [5.41, 5.74) is 0. The van der Waals surface area contributed by atoms with Crippen LogP contribution in [-0.4, -0.2) is 65.9 Å². The summed E-state index contributed by atoms with van der Waals surface area (Å²) in [4.78, 5) is 0. The quantitative estimate of drug-likeness (QED) is 0.415. The summed E-state index contributed by atoms with van der Waals surface area (Å²) in [6.45, 7) is 11.6. The Bertz CT molecular complexity index is 152. The average Bonchev–Trinajstić information content (AvgIpc) is 2.47. The zero-order valence-electron chi connectivity index (χ0n) is 13.3. The van der Waals surface area contributed by atoms with Crippen molar-refractivity contribution < 1.29 is 18.9 Å². The van der Waals surface area contributed by atoms with Crippen molar-refractivity contribution in [2.75, 3.05) is 65.9 Å². The van der Waals surface area contributed by atoms with Gasteiger partial charge in [-0.05, 0) is 13.0 Å². The fourth-order valence-corrected chi connectivity index (χ4v) is 1.54. The number of rotatable bonds is 17. The molecule has 0 aromatic heterocycles. The van der Waals surface area contributed by atoms with Crippen molar-refractivity contribution in [3.8, 4) is 0 Å². The van der Waals surface area contributed by atoms with Gasteiger partial charge < -0.3 is 24.3 Å². The van der Waals surface area contributed by atoms with Crippen LogP contribution in [0.4, 0.5) is 0 Å². The van der Waals surface area contributed by atoms with E-state index in [0.717, 1.165) is 32.7 Å². The van der Waals surface area contributed by atoms with Gasteiger partial charge in [0.05, 0.1) is 46.2 Å². The van der Waals surface area contributed by atoms with Gasteiger partial charge in [0, 0.05) is 13.2 Å². The predicted octanol–water partition coefficient (Wildman–Crippen LogP) is 1.85. The number of hydrogen-bond donors (Lipinski definition) is 1. The lowest BCUT2D eigenvalue weighted by molar-refractivity contribution is -0.00174. The molecule has 0 saturated heterocycles. The minimum absolute atomic E-state index is 0.617. The summed E-state index contributed by atoms with van der Waals surface area (Å²) in [7, 11) is 0. The third kappa shape index (κ3) is 17.8. The molecule has 0 fully saturated rings. The monoisotopic (exact) mass is 291 g/mol. The Morgan fingerprint density at radius 2 is 1.10 bits per heavy atom. The van der Waals surface area contributed by atoms with E-state index in [4.69, 9.17) is 18.9 Å². The third-order valence-electron chi connectivity index (χ3n) is 2.68. The minimum atomic E-state index is 0.617. The third-order valence-corrected chi connectivity index (χ3v) is 2.68. The van der Waals surface area contributed by atoms with Crippen molar-refractivity contribution in [2.24, 2.45) is 0 Å². The summed E-state index contributed by atoms with van der Waals surface area (Å²) in [5, 5.41) is 3.20. The normalized spacial score (nSPS) is 11.1. The van der Waals surface area contributed by atoms with Crippen LogP contribution < -0.4 is 5.32 Å². The Hall–Kier alpha value is -0.200. The number of nitrogens with one attached hydrogen (secondary N) is 1. The van der Waals surface area contributed by atoms with E-state index in [9.17, 15) is 0 Å². The van der Waals surface area contributed by atoms with Gasteiger partial charge in [0.15, 0.2) is 0 Å². The fourth-order valence-electron chi connectivity index (χ4n) is 1.54. The molecule has 0 rings (SSSR count). The first kappa shape index (κ1) is 19.8. The van der Waals surface area contributed by atoms with Gasteiger partial charge in [-0.3, -0.25) is 0 Å². The second-order valence-electron chi connectivity index (χ2n) is 4.51. The Labute approximate surface area is 124 Å².